The zero-order chi connectivity index (χ0) is 12.8. The van der Waals surface area contributed by atoms with Crippen LogP contribution in [0.4, 0.5) is 0 Å². The first kappa shape index (κ1) is 13.3. The van der Waals surface area contributed by atoms with Crippen LogP contribution in [0.3, 0.4) is 0 Å². The van der Waals surface area contributed by atoms with Crippen molar-refractivity contribution in [2.75, 3.05) is 14.2 Å². The van der Waals surface area contributed by atoms with E-state index in [0.717, 1.165) is 5.56 Å². The minimum Gasteiger partial charge on any atom is -0.493 e. The molecule has 0 bridgehead atoms. The molecule has 94 valence electrons. The number of methoxy groups -OCH3 is 2. The number of benzene rings is 1. The lowest BCUT2D eigenvalue weighted by Gasteiger charge is -2.11. The number of amides is 1. The highest BCUT2D eigenvalue weighted by molar-refractivity contribution is 5.80. The van der Waals surface area contributed by atoms with Gasteiger partial charge < -0.3 is 20.5 Å². The van der Waals surface area contributed by atoms with Crippen molar-refractivity contribution in [3.63, 3.8) is 0 Å². The van der Waals surface area contributed by atoms with Gasteiger partial charge in [-0.25, -0.2) is 0 Å². The Morgan fingerprint density at radius 2 is 2.00 bits per heavy atom. The fraction of sp³-hybridized carbons (Fsp3) is 0.417. The van der Waals surface area contributed by atoms with Crippen LogP contribution in [0, 0.1) is 0 Å². The summed E-state index contributed by atoms with van der Waals surface area (Å²) in [5.74, 6) is 1.12. The molecule has 5 heteroatoms. The summed E-state index contributed by atoms with van der Waals surface area (Å²) >= 11 is 0. The van der Waals surface area contributed by atoms with Gasteiger partial charge in [-0.2, -0.15) is 0 Å². The topological polar surface area (TPSA) is 73.6 Å². The molecule has 0 saturated carbocycles. The summed E-state index contributed by atoms with van der Waals surface area (Å²) in [5.41, 5.74) is 6.37. The third kappa shape index (κ3) is 3.64. The number of carbonyl (C=O) groups is 1. The van der Waals surface area contributed by atoms with E-state index in [9.17, 15) is 4.79 Å². The summed E-state index contributed by atoms with van der Waals surface area (Å²) in [5, 5.41) is 2.73. The number of ether oxygens (including phenoxy) is 2. The average molecular weight is 238 g/mol. The summed E-state index contributed by atoms with van der Waals surface area (Å²) in [4.78, 5) is 11.3. The number of carbonyl (C=O) groups excluding carboxylic acids is 1. The van der Waals surface area contributed by atoms with Crippen LogP contribution in [0.2, 0.25) is 0 Å². The van der Waals surface area contributed by atoms with Gasteiger partial charge in [-0.3, -0.25) is 4.79 Å². The number of nitrogens with one attached hydrogen (secondary N) is 1. The quantitative estimate of drug-likeness (QED) is 0.790. The van der Waals surface area contributed by atoms with Crippen molar-refractivity contribution < 1.29 is 14.3 Å². The second-order valence-electron chi connectivity index (χ2n) is 3.70. The maximum absolute atomic E-state index is 11.3. The molecule has 5 nitrogen and oxygen atoms in total. The van der Waals surface area contributed by atoms with Crippen molar-refractivity contribution in [3.05, 3.63) is 23.8 Å². The number of hydrogen-bond acceptors (Lipinski definition) is 4. The molecule has 0 radical (unpaired) electrons. The molecule has 0 aliphatic heterocycles. The van der Waals surface area contributed by atoms with Crippen molar-refractivity contribution >= 4 is 5.91 Å². The van der Waals surface area contributed by atoms with Gasteiger partial charge in [0.05, 0.1) is 20.3 Å². The van der Waals surface area contributed by atoms with E-state index in [1.54, 1.807) is 27.2 Å². The van der Waals surface area contributed by atoms with E-state index < -0.39 is 6.04 Å². The maximum Gasteiger partial charge on any atom is 0.236 e. The molecule has 0 saturated heterocycles. The molecular weight excluding hydrogens is 220 g/mol. The van der Waals surface area contributed by atoms with Gasteiger partial charge in [0, 0.05) is 6.54 Å². The number of nitrogens with two attached hydrogens (primary N) is 1. The second-order valence-corrected chi connectivity index (χ2v) is 3.70. The molecular formula is C12H18N2O3. The number of hydrogen-bond donors (Lipinski definition) is 2. The van der Waals surface area contributed by atoms with Crippen molar-refractivity contribution in [1.82, 2.24) is 5.32 Å². The first-order valence-electron chi connectivity index (χ1n) is 5.32. The Balaban J connectivity index is 2.69. The van der Waals surface area contributed by atoms with Crippen LogP contribution in [0.15, 0.2) is 18.2 Å². The summed E-state index contributed by atoms with van der Waals surface area (Å²) in [7, 11) is 3.15. The van der Waals surface area contributed by atoms with Gasteiger partial charge in [-0.05, 0) is 24.6 Å². The van der Waals surface area contributed by atoms with E-state index in [0.29, 0.717) is 18.0 Å². The Kier molecular flexibility index (Phi) is 4.78. The molecule has 3 N–H and O–H groups in total. The van der Waals surface area contributed by atoms with Crippen LogP contribution in [0.25, 0.3) is 0 Å². The van der Waals surface area contributed by atoms with Gasteiger partial charge in [0.2, 0.25) is 5.91 Å². The molecule has 0 spiro atoms. The lowest BCUT2D eigenvalue weighted by Crippen LogP contribution is -2.37. The Labute approximate surface area is 101 Å². The summed E-state index contributed by atoms with van der Waals surface area (Å²) in [6, 6.07) is 4.98. The van der Waals surface area contributed by atoms with E-state index in [1.165, 1.54) is 0 Å². The van der Waals surface area contributed by atoms with Gasteiger partial charge >= 0.3 is 0 Å². The summed E-state index contributed by atoms with van der Waals surface area (Å²) in [6.45, 7) is 2.06. The van der Waals surface area contributed by atoms with Crippen molar-refractivity contribution in [1.29, 1.82) is 0 Å². The molecule has 0 aliphatic carbocycles. The minimum absolute atomic E-state index is 0.181. The third-order valence-electron chi connectivity index (χ3n) is 2.33. The monoisotopic (exact) mass is 238 g/mol. The highest BCUT2D eigenvalue weighted by atomic mass is 16.5. The van der Waals surface area contributed by atoms with Crippen LogP contribution in [-0.4, -0.2) is 26.2 Å². The van der Waals surface area contributed by atoms with Crippen molar-refractivity contribution in [2.24, 2.45) is 5.73 Å². The molecule has 1 aromatic rings. The van der Waals surface area contributed by atoms with Gasteiger partial charge in [-0.15, -0.1) is 0 Å². The molecule has 0 heterocycles. The van der Waals surface area contributed by atoms with Crippen molar-refractivity contribution in [2.45, 2.75) is 19.5 Å². The van der Waals surface area contributed by atoms with E-state index in [1.807, 2.05) is 12.1 Å². The Hall–Kier alpha value is -1.75. The predicted molar refractivity (Wildman–Crippen MR) is 65.0 cm³/mol. The Morgan fingerprint density at radius 1 is 1.35 bits per heavy atom. The van der Waals surface area contributed by atoms with Crippen LogP contribution in [0.5, 0.6) is 11.5 Å². The lowest BCUT2D eigenvalue weighted by molar-refractivity contribution is -0.122. The zero-order valence-electron chi connectivity index (χ0n) is 10.3. The molecule has 17 heavy (non-hydrogen) atoms. The second kappa shape index (κ2) is 6.10. The zero-order valence-corrected chi connectivity index (χ0v) is 10.3. The molecule has 1 aromatic carbocycles. The van der Waals surface area contributed by atoms with E-state index in [-0.39, 0.29) is 5.91 Å². The highest BCUT2D eigenvalue weighted by Crippen LogP contribution is 2.27. The fourth-order valence-electron chi connectivity index (χ4n) is 1.34. The van der Waals surface area contributed by atoms with Crippen LogP contribution in [0.1, 0.15) is 12.5 Å². The maximum atomic E-state index is 11.3. The Morgan fingerprint density at radius 3 is 2.53 bits per heavy atom. The lowest BCUT2D eigenvalue weighted by atomic mass is 10.2. The molecule has 0 aromatic heterocycles. The van der Waals surface area contributed by atoms with Gasteiger partial charge in [0.1, 0.15) is 0 Å². The number of rotatable bonds is 5. The van der Waals surface area contributed by atoms with Crippen molar-refractivity contribution in [3.8, 4) is 11.5 Å². The normalized spacial score (nSPS) is 11.8. The Bertz CT molecular complexity index is 391. The standard InChI is InChI=1S/C12H18N2O3/c1-8(13)12(15)14-7-9-4-5-10(16-2)11(6-9)17-3/h4-6,8H,7,13H2,1-3H3,(H,14,15)/t8-/m1/s1. The SMILES string of the molecule is COc1ccc(CNC(=O)[C@@H](C)N)cc1OC. The van der Waals surface area contributed by atoms with Gasteiger partial charge in [0.25, 0.3) is 0 Å². The third-order valence-corrected chi connectivity index (χ3v) is 2.33. The molecule has 1 amide bonds. The van der Waals surface area contributed by atoms with Gasteiger partial charge in [0.15, 0.2) is 11.5 Å². The summed E-state index contributed by atoms with van der Waals surface area (Å²) in [6.07, 6.45) is 0. The van der Waals surface area contributed by atoms with Gasteiger partial charge in [-0.1, -0.05) is 6.07 Å². The average Bonchev–Trinajstić information content (AvgIpc) is 2.35. The predicted octanol–water partition coefficient (Wildman–Crippen LogP) is 0.667. The fourth-order valence-corrected chi connectivity index (χ4v) is 1.34. The molecule has 0 fully saturated rings. The summed E-state index contributed by atoms with van der Waals surface area (Å²) < 4.78 is 10.3. The van der Waals surface area contributed by atoms with E-state index in [2.05, 4.69) is 5.32 Å². The largest absolute Gasteiger partial charge is 0.493 e. The van der Waals surface area contributed by atoms with E-state index >= 15 is 0 Å². The first-order chi connectivity index (χ1) is 8.08. The minimum atomic E-state index is -0.504. The first-order valence-corrected chi connectivity index (χ1v) is 5.32. The highest BCUT2D eigenvalue weighted by Gasteiger charge is 2.08. The van der Waals surface area contributed by atoms with Crippen LogP contribution in [-0.2, 0) is 11.3 Å². The van der Waals surface area contributed by atoms with Crippen LogP contribution < -0.4 is 20.5 Å². The molecule has 0 unspecified atom stereocenters. The van der Waals surface area contributed by atoms with Crippen LogP contribution >= 0.6 is 0 Å². The molecule has 1 rings (SSSR count). The van der Waals surface area contributed by atoms with E-state index in [4.69, 9.17) is 15.2 Å². The molecule has 0 aliphatic rings. The smallest absolute Gasteiger partial charge is 0.236 e. The molecule has 1 atom stereocenters.